The number of rotatable bonds is 2. The van der Waals surface area contributed by atoms with Gasteiger partial charge in [-0.15, -0.1) is 0 Å². The predicted molar refractivity (Wildman–Crippen MR) is 40.3 cm³/mol. The largest absolute Gasteiger partial charge is 0.507 e. The number of nitrogens with one attached hydrogen (secondary N) is 1. The van der Waals surface area contributed by atoms with Crippen LogP contribution in [0.1, 0.15) is 11.8 Å². The Balaban J connectivity index is 3.12. The van der Waals surface area contributed by atoms with Gasteiger partial charge in [-0.25, -0.2) is 9.82 Å². The number of phenols is 1. The fraction of sp³-hybridized carbons (Fsp3) is 0.143. The first-order valence-electron chi connectivity index (χ1n) is 3.28. The number of phenolic OH excluding ortho intramolecular Hbond substituents is 1. The molecule has 12 heavy (non-hydrogen) atoms. The maximum absolute atomic E-state index is 12.9. The second-order valence-corrected chi connectivity index (χ2v) is 2.24. The monoisotopic (exact) mass is 172 g/mol. The first-order valence-corrected chi connectivity index (χ1v) is 3.28. The zero-order chi connectivity index (χ0) is 9.14. The van der Waals surface area contributed by atoms with E-state index >= 15 is 0 Å². The first kappa shape index (κ1) is 8.92. The number of nitrogens with two attached hydrogens (primary N) is 1. The number of aliphatic hydroxyl groups is 1. The average molecular weight is 172 g/mol. The highest BCUT2D eigenvalue weighted by Crippen LogP contribution is 2.24. The summed E-state index contributed by atoms with van der Waals surface area (Å²) in [6, 6.07) is 3.71. The fourth-order valence-electron chi connectivity index (χ4n) is 0.880. The molecule has 0 spiro atoms. The Morgan fingerprint density at radius 2 is 2.17 bits per heavy atom. The standard InChI is InChI=1S/C7H9FN2O2/c8-4-2-1-3-5(11)6(4)7(12)10-9/h1-3,7,10-12H,9H2. The van der Waals surface area contributed by atoms with Crippen molar-refractivity contribution in [1.29, 1.82) is 0 Å². The van der Waals surface area contributed by atoms with Gasteiger partial charge in [-0.2, -0.15) is 0 Å². The number of hydrazine groups is 1. The van der Waals surface area contributed by atoms with Gasteiger partial charge < -0.3 is 10.2 Å². The van der Waals surface area contributed by atoms with E-state index in [1.54, 1.807) is 0 Å². The predicted octanol–water partition coefficient (Wildman–Crippen LogP) is -0.0145. The number of hydrogen-bond acceptors (Lipinski definition) is 4. The number of benzene rings is 1. The second kappa shape index (κ2) is 3.48. The van der Waals surface area contributed by atoms with Crippen molar-refractivity contribution >= 4 is 0 Å². The lowest BCUT2D eigenvalue weighted by atomic mass is 10.1. The average Bonchev–Trinajstić information content (AvgIpc) is 2.03. The molecule has 0 aliphatic carbocycles. The molecule has 0 saturated carbocycles. The van der Waals surface area contributed by atoms with Gasteiger partial charge in [0.15, 0.2) is 0 Å². The summed E-state index contributed by atoms with van der Waals surface area (Å²) in [6.07, 6.45) is -1.40. The van der Waals surface area contributed by atoms with Crippen LogP contribution >= 0.6 is 0 Å². The second-order valence-electron chi connectivity index (χ2n) is 2.24. The molecule has 0 heterocycles. The van der Waals surface area contributed by atoms with Gasteiger partial charge in [0.1, 0.15) is 17.8 Å². The van der Waals surface area contributed by atoms with Crippen molar-refractivity contribution in [3.63, 3.8) is 0 Å². The van der Waals surface area contributed by atoms with Crippen molar-refractivity contribution in [3.8, 4) is 5.75 Å². The van der Waals surface area contributed by atoms with Crippen LogP contribution < -0.4 is 11.3 Å². The van der Waals surface area contributed by atoms with Crippen LogP contribution in [0.15, 0.2) is 18.2 Å². The molecule has 1 rings (SSSR count). The van der Waals surface area contributed by atoms with Crippen LogP contribution in [0.5, 0.6) is 5.75 Å². The normalized spacial score (nSPS) is 12.9. The molecule has 4 nitrogen and oxygen atoms in total. The molecule has 0 amide bonds. The minimum Gasteiger partial charge on any atom is -0.507 e. The van der Waals surface area contributed by atoms with Gasteiger partial charge in [0.25, 0.3) is 0 Å². The molecule has 0 fully saturated rings. The summed E-state index contributed by atoms with van der Waals surface area (Å²) < 4.78 is 12.9. The zero-order valence-electron chi connectivity index (χ0n) is 6.16. The third kappa shape index (κ3) is 1.53. The number of aliphatic hydroxyl groups excluding tert-OH is 1. The van der Waals surface area contributed by atoms with E-state index in [-0.39, 0.29) is 11.3 Å². The Labute approximate surface area is 68.4 Å². The summed E-state index contributed by atoms with van der Waals surface area (Å²) in [4.78, 5) is 0. The van der Waals surface area contributed by atoms with Gasteiger partial charge >= 0.3 is 0 Å². The van der Waals surface area contributed by atoms with E-state index in [1.165, 1.54) is 12.1 Å². The smallest absolute Gasteiger partial charge is 0.149 e. The van der Waals surface area contributed by atoms with E-state index in [1.807, 2.05) is 5.43 Å². The lowest BCUT2D eigenvalue weighted by Crippen LogP contribution is -2.28. The van der Waals surface area contributed by atoms with E-state index < -0.39 is 12.0 Å². The molecule has 1 atom stereocenters. The molecule has 0 radical (unpaired) electrons. The topological polar surface area (TPSA) is 78.5 Å². The summed E-state index contributed by atoms with van der Waals surface area (Å²) in [5.74, 6) is 3.82. The van der Waals surface area contributed by atoms with E-state index in [4.69, 9.17) is 16.1 Å². The lowest BCUT2D eigenvalue weighted by Gasteiger charge is -2.11. The minimum absolute atomic E-state index is 0.250. The highest BCUT2D eigenvalue weighted by molar-refractivity contribution is 5.34. The molecule has 0 bridgehead atoms. The Kier molecular flexibility index (Phi) is 2.59. The zero-order valence-corrected chi connectivity index (χ0v) is 6.16. The summed E-state index contributed by atoms with van der Waals surface area (Å²) in [7, 11) is 0. The molecule has 0 aliphatic rings. The van der Waals surface area contributed by atoms with Crippen LogP contribution in [-0.4, -0.2) is 10.2 Å². The van der Waals surface area contributed by atoms with Crippen molar-refractivity contribution in [2.45, 2.75) is 6.23 Å². The van der Waals surface area contributed by atoms with Crippen molar-refractivity contribution in [1.82, 2.24) is 5.43 Å². The third-order valence-electron chi connectivity index (χ3n) is 1.46. The number of hydrogen-bond donors (Lipinski definition) is 4. The minimum atomic E-state index is -1.40. The highest BCUT2D eigenvalue weighted by Gasteiger charge is 2.14. The van der Waals surface area contributed by atoms with Crippen molar-refractivity contribution < 1.29 is 14.6 Å². The maximum atomic E-state index is 12.9. The highest BCUT2D eigenvalue weighted by atomic mass is 19.1. The molecule has 0 saturated heterocycles. The van der Waals surface area contributed by atoms with Crippen LogP contribution in [0.2, 0.25) is 0 Å². The molecule has 1 unspecified atom stereocenters. The summed E-state index contributed by atoms with van der Waals surface area (Å²) in [5, 5.41) is 18.2. The van der Waals surface area contributed by atoms with Crippen LogP contribution in [0, 0.1) is 5.82 Å². The quantitative estimate of drug-likeness (QED) is 0.287. The Bertz CT molecular complexity index is 260. The Morgan fingerprint density at radius 3 is 2.67 bits per heavy atom. The van der Waals surface area contributed by atoms with Gasteiger partial charge in [0, 0.05) is 0 Å². The van der Waals surface area contributed by atoms with Crippen LogP contribution in [0.25, 0.3) is 0 Å². The summed E-state index contributed by atoms with van der Waals surface area (Å²) in [6.45, 7) is 0. The molecule has 1 aromatic rings. The van der Waals surface area contributed by atoms with Crippen LogP contribution in [0.4, 0.5) is 4.39 Å². The van der Waals surface area contributed by atoms with Gasteiger partial charge in [0.05, 0.1) is 5.56 Å². The van der Waals surface area contributed by atoms with E-state index in [9.17, 15) is 4.39 Å². The van der Waals surface area contributed by atoms with Crippen molar-refractivity contribution in [2.24, 2.45) is 5.84 Å². The molecular weight excluding hydrogens is 163 g/mol. The van der Waals surface area contributed by atoms with Gasteiger partial charge in [-0.05, 0) is 12.1 Å². The van der Waals surface area contributed by atoms with E-state index in [0.29, 0.717) is 0 Å². The van der Waals surface area contributed by atoms with Crippen molar-refractivity contribution in [2.75, 3.05) is 0 Å². The molecule has 66 valence electrons. The number of halogens is 1. The van der Waals surface area contributed by atoms with Crippen LogP contribution in [0.3, 0.4) is 0 Å². The van der Waals surface area contributed by atoms with E-state index in [2.05, 4.69) is 0 Å². The fourth-order valence-corrected chi connectivity index (χ4v) is 0.880. The summed E-state index contributed by atoms with van der Waals surface area (Å²) >= 11 is 0. The van der Waals surface area contributed by atoms with Crippen LogP contribution in [-0.2, 0) is 0 Å². The molecule has 5 N–H and O–H groups in total. The SMILES string of the molecule is NNC(O)c1c(O)cccc1F. The number of aromatic hydroxyl groups is 1. The lowest BCUT2D eigenvalue weighted by molar-refractivity contribution is 0.132. The molecule has 0 aliphatic heterocycles. The molecule has 0 aromatic heterocycles. The maximum Gasteiger partial charge on any atom is 0.149 e. The van der Waals surface area contributed by atoms with Gasteiger partial charge in [0.2, 0.25) is 0 Å². The molecule has 1 aromatic carbocycles. The van der Waals surface area contributed by atoms with E-state index in [0.717, 1.165) is 6.07 Å². The first-order chi connectivity index (χ1) is 5.66. The molecule has 5 heteroatoms. The van der Waals surface area contributed by atoms with Gasteiger partial charge in [-0.3, -0.25) is 5.84 Å². The third-order valence-corrected chi connectivity index (χ3v) is 1.46. The Hall–Kier alpha value is -1.17. The molecular formula is C7H9FN2O2. The Morgan fingerprint density at radius 1 is 1.50 bits per heavy atom. The summed E-state index contributed by atoms with van der Waals surface area (Å²) in [5.41, 5.74) is 1.67. The van der Waals surface area contributed by atoms with Gasteiger partial charge in [-0.1, -0.05) is 6.07 Å². The van der Waals surface area contributed by atoms with Crippen molar-refractivity contribution in [3.05, 3.63) is 29.6 Å².